The lowest BCUT2D eigenvalue weighted by Gasteiger charge is -2.27. The van der Waals surface area contributed by atoms with E-state index in [1.54, 1.807) is 0 Å². The smallest absolute Gasteiger partial charge is 0.0110 e. The van der Waals surface area contributed by atoms with Gasteiger partial charge in [0.1, 0.15) is 0 Å². The van der Waals surface area contributed by atoms with Gasteiger partial charge in [0.05, 0.1) is 0 Å². The van der Waals surface area contributed by atoms with Gasteiger partial charge in [0.15, 0.2) is 0 Å². The second kappa shape index (κ2) is 4.83. The Morgan fingerprint density at radius 2 is 2.33 bits per heavy atom. The predicted octanol–water partition coefficient (Wildman–Crippen LogP) is 1.33. The van der Waals surface area contributed by atoms with Gasteiger partial charge in [-0.05, 0) is 25.8 Å². The van der Waals surface area contributed by atoms with Gasteiger partial charge in [0, 0.05) is 25.7 Å². The van der Waals surface area contributed by atoms with Crippen LogP contribution < -0.4 is 5.32 Å². The molecule has 0 radical (unpaired) electrons. The molecule has 72 valence electrons. The molecule has 0 aromatic heterocycles. The highest BCUT2D eigenvalue weighted by atomic mass is 15.2. The van der Waals surface area contributed by atoms with Crippen molar-refractivity contribution in [1.82, 2.24) is 10.2 Å². The summed E-state index contributed by atoms with van der Waals surface area (Å²) in [5, 5.41) is 3.46. The fraction of sp³-hybridized carbons (Fsp3) is 1.00. The first-order valence-electron chi connectivity index (χ1n) is 5.18. The summed E-state index contributed by atoms with van der Waals surface area (Å²) in [5.41, 5.74) is 0. The summed E-state index contributed by atoms with van der Waals surface area (Å²) in [4.78, 5) is 2.60. The van der Waals surface area contributed by atoms with E-state index in [1.807, 2.05) is 0 Å². The van der Waals surface area contributed by atoms with Gasteiger partial charge < -0.3 is 5.32 Å². The lowest BCUT2D eigenvalue weighted by Crippen LogP contribution is -2.36. The Labute approximate surface area is 76.3 Å². The van der Waals surface area contributed by atoms with Crippen molar-refractivity contribution in [2.45, 2.75) is 33.2 Å². The molecule has 1 rings (SSSR count). The molecule has 2 atom stereocenters. The molecule has 0 aliphatic carbocycles. The van der Waals surface area contributed by atoms with E-state index in [0.29, 0.717) is 0 Å². The van der Waals surface area contributed by atoms with E-state index < -0.39 is 0 Å². The van der Waals surface area contributed by atoms with Crippen molar-refractivity contribution in [3.8, 4) is 0 Å². The number of hydrogen-bond acceptors (Lipinski definition) is 2. The summed E-state index contributed by atoms with van der Waals surface area (Å²) in [7, 11) is 0. The van der Waals surface area contributed by atoms with Gasteiger partial charge in [-0.3, -0.25) is 4.90 Å². The van der Waals surface area contributed by atoms with Gasteiger partial charge in [0.25, 0.3) is 0 Å². The first-order chi connectivity index (χ1) is 5.74. The average Bonchev–Trinajstić information content (AvgIpc) is 2.28. The van der Waals surface area contributed by atoms with Crippen LogP contribution in [0.5, 0.6) is 0 Å². The molecule has 0 aromatic carbocycles. The van der Waals surface area contributed by atoms with Crippen molar-refractivity contribution < 1.29 is 0 Å². The molecule has 1 aliphatic rings. The minimum atomic E-state index is 0.757. The second-order valence-corrected chi connectivity index (χ2v) is 4.06. The fourth-order valence-electron chi connectivity index (χ4n) is 1.79. The zero-order valence-corrected chi connectivity index (χ0v) is 8.64. The van der Waals surface area contributed by atoms with Crippen LogP contribution in [0.3, 0.4) is 0 Å². The molecule has 1 heterocycles. The van der Waals surface area contributed by atoms with E-state index in [1.165, 1.54) is 26.1 Å². The first-order valence-corrected chi connectivity index (χ1v) is 5.18. The van der Waals surface area contributed by atoms with E-state index in [9.17, 15) is 0 Å². The second-order valence-electron chi connectivity index (χ2n) is 4.06. The standard InChI is InChI=1S/C10H22N2/c1-4-10(3)12-6-5-11-7-9(2)8-12/h9-11H,4-8H2,1-3H3. The molecule has 1 fully saturated rings. The van der Waals surface area contributed by atoms with Gasteiger partial charge in [-0.1, -0.05) is 13.8 Å². The van der Waals surface area contributed by atoms with Crippen LogP contribution in [0.15, 0.2) is 0 Å². The molecule has 0 bridgehead atoms. The minimum Gasteiger partial charge on any atom is -0.315 e. The van der Waals surface area contributed by atoms with Crippen molar-refractivity contribution in [1.29, 1.82) is 0 Å². The minimum absolute atomic E-state index is 0.757. The molecule has 1 saturated heterocycles. The van der Waals surface area contributed by atoms with Crippen molar-refractivity contribution in [3.05, 3.63) is 0 Å². The highest BCUT2D eigenvalue weighted by molar-refractivity contribution is 4.74. The van der Waals surface area contributed by atoms with Crippen molar-refractivity contribution in [3.63, 3.8) is 0 Å². The summed E-state index contributed by atoms with van der Waals surface area (Å²) in [6.07, 6.45) is 1.27. The van der Waals surface area contributed by atoms with Crippen LogP contribution in [0.4, 0.5) is 0 Å². The topological polar surface area (TPSA) is 15.3 Å². The van der Waals surface area contributed by atoms with Crippen molar-refractivity contribution in [2.75, 3.05) is 26.2 Å². The maximum atomic E-state index is 3.46. The monoisotopic (exact) mass is 170 g/mol. The quantitative estimate of drug-likeness (QED) is 0.672. The number of rotatable bonds is 2. The third-order valence-corrected chi connectivity index (χ3v) is 2.83. The van der Waals surface area contributed by atoms with Crippen LogP contribution in [0.25, 0.3) is 0 Å². The maximum Gasteiger partial charge on any atom is 0.0110 e. The Hall–Kier alpha value is -0.0800. The number of nitrogens with one attached hydrogen (secondary N) is 1. The van der Waals surface area contributed by atoms with E-state index in [0.717, 1.165) is 18.5 Å². The van der Waals surface area contributed by atoms with Crippen molar-refractivity contribution in [2.24, 2.45) is 5.92 Å². The highest BCUT2D eigenvalue weighted by Gasteiger charge is 2.17. The summed E-state index contributed by atoms with van der Waals surface area (Å²) in [6.45, 7) is 11.8. The zero-order valence-electron chi connectivity index (χ0n) is 8.64. The molecule has 0 amide bonds. The van der Waals surface area contributed by atoms with Crippen LogP contribution in [-0.4, -0.2) is 37.1 Å². The lowest BCUT2D eigenvalue weighted by molar-refractivity contribution is 0.198. The van der Waals surface area contributed by atoms with Crippen LogP contribution >= 0.6 is 0 Å². The van der Waals surface area contributed by atoms with E-state index in [2.05, 4.69) is 31.0 Å². The first kappa shape index (κ1) is 10.0. The molecule has 1 aliphatic heterocycles. The third kappa shape index (κ3) is 2.76. The molecule has 0 spiro atoms. The van der Waals surface area contributed by atoms with Gasteiger partial charge in [-0.15, -0.1) is 0 Å². The van der Waals surface area contributed by atoms with Crippen LogP contribution in [-0.2, 0) is 0 Å². The molecule has 2 unspecified atom stereocenters. The molecule has 12 heavy (non-hydrogen) atoms. The fourth-order valence-corrected chi connectivity index (χ4v) is 1.79. The molecular formula is C10H22N2. The summed E-state index contributed by atoms with van der Waals surface area (Å²) in [6, 6.07) is 0.757. The largest absolute Gasteiger partial charge is 0.315 e. The SMILES string of the molecule is CCC(C)N1CCNCC(C)C1. The molecule has 0 aromatic rings. The summed E-state index contributed by atoms with van der Waals surface area (Å²) >= 11 is 0. The highest BCUT2D eigenvalue weighted by Crippen LogP contribution is 2.08. The van der Waals surface area contributed by atoms with E-state index in [-0.39, 0.29) is 0 Å². The number of nitrogens with zero attached hydrogens (tertiary/aromatic N) is 1. The molecule has 2 heteroatoms. The van der Waals surface area contributed by atoms with Gasteiger partial charge in [-0.2, -0.15) is 0 Å². The van der Waals surface area contributed by atoms with E-state index >= 15 is 0 Å². The summed E-state index contributed by atoms with van der Waals surface area (Å²) in [5.74, 6) is 0.807. The Morgan fingerprint density at radius 3 is 3.00 bits per heavy atom. The van der Waals surface area contributed by atoms with Crippen LogP contribution in [0, 0.1) is 5.92 Å². The van der Waals surface area contributed by atoms with Gasteiger partial charge >= 0.3 is 0 Å². The van der Waals surface area contributed by atoms with Crippen LogP contribution in [0.2, 0.25) is 0 Å². The molecule has 1 N–H and O–H groups in total. The Kier molecular flexibility index (Phi) is 4.02. The molecule has 0 saturated carbocycles. The Morgan fingerprint density at radius 1 is 1.58 bits per heavy atom. The number of hydrogen-bond donors (Lipinski definition) is 1. The Balaban J connectivity index is 2.40. The Bertz CT molecular complexity index is 125. The molecular weight excluding hydrogens is 148 g/mol. The maximum absolute atomic E-state index is 3.46. The van der Waals surface area contributed by atoms with Crippen LogP contribution in [0.1, 0.15) is 27.2 Å². The lowest BCUT2D eigenvalue weighted by atomic mass is 10.1. The van der Waals surface area contributed by atoms with E-state index in [4.69, 9.17) is 0 Å². The van der Waals surface area contributed by atoms with Gasteiger partial charge in [0.2, 0.25) is 0 Å². The van der Waals surface area contributed by atoms with Gasteiger partial charge in [-0.25, -0.2) is 0 Å². The summed E-state index contributed by atoms with van der Waals surface area (Å²) < 4.78 is 0. The normalized spacial score (nSPS) is 29.8. The average molecular weight is 170 g/mol. The molecule has 2 nitrogen and oxygen atoms in total. The third-order valence-electron chi connectivity index (χ3n) is 2.83. The zero-order chi connectivity index (χ0) is 8.97. The van der Waals surface area contributed by atoms with Crippen molar-refractivity contribution >= 4 is 0 Å². The predicted molar refractivity (Wildman–Crippen MR) is 53.4 cm³/mol.